The van der Waals surface area contributed by atoms with E-state index in [0.717, 1.165) is 31.2 Å². The summed E-state index contributed by atoms with van der Waals surface area (Å²) in [6.07, 6.45) is 3.53. The Morgan fingerprint density at radius 3 is 2.55 bits per heavy atom. The molecule has 0 bridgehead atoms. The van der Waals surface area contributed by atoms with E-state index >= 15 is 0 Å². The fourth-order valence-corrected chi connectivity index (χ4v) is 3.88. The largest absolute Gasteiger partial charge is 0.336 e. The average molecular weight is 418 g/mol. The predicted molar refractivity (Wildman–Crippen MR) is 112 cm³/mol. The number of hydrogen-bond acceptors (Lipinski definition) is 3. The number of carbonyl (C=O) groups is 2. The van der Waals surface area contributed by atoms with E-state index in [1.165, 1.54) is 18.2 Å². The number of nitrogens with zero attached hydrogens (tertiary/aromatic N) is 1. The van der Waals surface area contributed by atoms with E-state index < -0.39 is 11.7 Å². The Labute approximate surface area is 175 Å². The van der Waals surface area contributed by atoms with Crippen molar-refractivity contribution in [1.29, 1.82) is 0 Å². The molecular weight excluding hydrogens is 393 g/mol. The van der Waals surface area contributed by atoms with Crippen LogP contribution in [0.4, 0.5) is 10.1 Å². The second-order valence-corrected chi connectivity index (χ2v) is 7.89. The number of carbonyl (C=O) groups excluding carboxylic acids is 2. The van der Waals surface area contributed by atoms with Gasteiger partial charge in [0.15, 0.2) is 0 Å². The van der Waals surface area contributed by atoms with Crippen molar-refractivity contribution in [3.63, 3.8) is 0 Å². The van der Waals surface area contributed by atoms with Crippen molar-refractivity contribution in [2.24, 2.45) is 5.73 Å². The first kappa shape index (κ1) is 21.3. The maximum Gasteiger partial charge on any atom is 0.255 e. The molecule has 154 valence electrons. The van der Waals surface area contributed by atoms with Gasteiger partial charge < -0.3 is 16.0 Å². The monoisotopic (exact) mass is 417 g/mol. The van der Waals surface area contributed by atoms with Crippen molar-refractivity contribution in [3.05, 3.63) is 64.4 Å². The van der Waals surface area contributed by atoms with Gasteiger partial charge in [0.2, 0.25) is 5.91 Å². The minimum atomic E-state index is -0.473. The molecule has 1 aliphatic rings. The molecular formula is C22H25ClFN3O2. The van der Waals surface area contributed by atoms with Crippen LogP contribution in [0.1, 0.15) is 48.5 Å². The lowest BCUT2D eigenvalue weighted by molar-refractivity contribution is -0.132. The first-order chi connectivity index (χ1) is 13.8. The van der Waals surface area contributed by atoms with E-state index in [1.54, 1.807) is 31.2 Å². The van der Waals surface area contributed by atoms with Crippen LogP contribution in [0, 0.1) is 5.82 Å². The van der Waals surface area contributed by atoms with Gasteiger partial charge in [-0.3, -0.25) is 9.59 Å². The van der Waals surface area contributed by atoms with Crippen molar-refractivity contribution in [1.82, 2.24) is 4.90 Å². The Hall–Kier alpha value is -2.44. The van der Waals surface area contributed by atoms with Gasteiger partial charge in [0.1, 0.15) is 5.82 Å². The SMILES string of the molecule is CC(=O)N(Cc1cc(NC(=O)c2cccc(F)c2)ccc1Cl)C1CCC(N)CC1. The van der Waals surface area contributed by atoms with Gasteiger partial charge in [-0.05, 0) is 67.6 Å². The minimum Gasteiger partial charge on any atom is -0.336 e. The van der Waals surface area contributed by atoms with Crippen molar-refractivity contribution in [2.45, 2.75) is 51.2 Å². The van der Waals surface area contributed by atoms with Crippen molar-refractivity contribution in [3.8, 4) is 0 Å². The van der Waals surface area contributed by atoms with Gasteiger partial charge in [0.05, 0.1) is 0 Å². The molecule has 0 heterocycles. The van der Waals surface area contributed by atoms with Gasteiger partial charge in [0.25, 0.3) is 5.91 Å². The lowest BCUT2D eigenvalue weighted by atomic mass is 9.90. The van der Waals surface area contributed by atoms with Gasteiger partial charge in [-0.2, -0.15) is 0 Å². The quantitative estimate of drug-likeness (QED) is 0.759. The Morgan fingerprint density at radius 2 is 1.90 bits per heavy atom. The summed E-state index contributed by atoms with van der Waals surface area (Å²) >= 11 is 6.36. The molecule has 0 aromatic heterocycles. The number of nitrogens with one attached hydrogen (secondary N) is 1. The molecule has 3 rings (SSSR count). The molecule has 0 spiro atoms. The van der Waals surface area contributed by atoms with Crippen molar-refractivity contribution < 1.29 is 14.0 Å². The van der Waals surface area contributed by atoms with E-state index in [0.29, 0.717) is 17.3 Å². The van der Waals surface area contributed by atoms with Crippen LogP contribution in [-0.2, 0) is 11.3 Å². The first-order valence-corrected chi connectivity index (χ1v) is 10.1. The van der Waals surface area contributed by atoms with Gasteiger partial charge in [0, 0.05) is 41.8 Å². The van der Waals surface area contributed by atoms with Gasteiger partial charge in [-0.25, -0.2) is 4.39 Å². The normalized spacial score (nSPS) is 18.9. The predicted octanol–water partition coefficient (Wildman–Crippen LogP) is 4.35. The van der Waals surface area contributed by atoms with Gasteiger partial charge in [-0.15, -0.1) is 0 Å². The highest BCUT2D eigenvalue weighted by molar-refractivity contribution is 6.31. The third-order valence-corrected chi connectivity index (χ3v) is 5.69. The molecule has 0 saturated heterocycles. The molecule has 1 aliphatic carbocycles. The van der Waals surface area contributed by atoms with Crippen LogP contribution >= 0.6 is 11.6 Å². The van der Waals surface area contributed by atoms with Crippen LogP contribution in [0.2, 0.25) is 5.02 Å². The third-order valence-electron chi connectivity index (χ3n) is 5.32. The highest BCUT2D eigenvalue weighted by Gasteiger charge is 2.26. The third kappa shape index (κ3) is 5.55. The molecule has 29 heavy (non-hydrogen) atoms. The zero-order valence-electron chi connectivity index (χ0n) is 16.3. The van der Waals surface area contributed by atoms with Crippen molar-refractivity contribution >= 4 is 29.1 Å². The molecule has 5 nitrogen and oxygen atoms in total. The average Bonchev–Trinajstić information content (AvgIpc) is 2.69. The molecule has 0 atom stereocenters. The Morgan fingerprint density at radius 1 is 1.17 bits per heavy atom. The summed E-state index contributed by atoms with van der Waals surface area (Å²) in [5.41, 5.74) is 7.49. The number of hydrogen-bond donors (Lipinski definition) is 2. The second-order valence-electron chi connectivity index (χ2n) is 7.49. The van der Waals surface area contributed by atoms with Crippen LogP contribution in [0.5, 0.6) is 0 Å². The van der Waals surface area contributed by atoms with Crippen LogP contribution in [0.3, 0.4) is 0 Å². The fraction of sp³-hybridized carbons (Fsp3) is 0.364. The smallest absolute Gasteiger partial charge is 0.255 e. The number of amides is 2. The molecule has 0 radical (unpaired) electrons. The lowest BCUT2D eigenvalue weighted by Crippen LogP contribution is -2.42. The summed E-state index contributed by atoms with van der Waals surface area (Å²) in [6.45, 7) is 1.91. The fourth-order valence-electron chi connectivity index (χ4n) is 3.70. The zero-order chi connectivity index (χ0) is 21.0. The number of anilines is 1. The van der Waals surface area contributed by atoms with E-state index in [4.69, 9.17) is 17.3 Å². The maximum atomic E-state index is 13.4. The zero-order valence-corrected chi connectivity index (χ0v) is 17.1. The molecule has 0 aliphatic heterocycles. The topological polar surface area (TPSA) is 75.4 Å². The van der Waals surface area contributed by atoms with E-state index in [9.17, 15) is 14.0 Å². The van der Waals surface area contributed by atoms with Gasteiger partial charge in [-0.1, -0.05) is 17.7 Å². The summed E-state index contributed by atoms with van der Waals surface area (Å²) in [4.78, 5) is 26.5. The number of nitrogens with two attached hydrogens (primary N) is 1. The molecule has 7 heteroatoms. The highest BCUT2D eigenvalue weighted by atomic mass is 35.5. The molecule has 3 N–H and O–H groups in total. The standard InChI is InChI=1S/C22H25ClFN3O2/c1-14(28)27(20-8-5-18(25)6-9-20)13-16-12-19(7-10-21(16)23)26-22(29)15-3-2-4-17(24)11-15/h2-4,7,10-12,18,20H,5-6,8-9,13,25H2,1H3,(H,26,29). The highest BCUT2D eigenvalue weighted by Crippen LogP contribution is 2.27. The van der Waals surface area contributed by atoms with E-state index in [1.807, 2.05) is 4.90 Å². The van der Waals surface area contributed by atoms with E-state index in [2.05, 4.69) is 5.32 Å². The molecule has 1 fully saturated rings. The summed E-state index contributed by atoms with van der Waals surface area (Å²) in [7, 11) is 0. The molecule has 2 amide bonds. The minimum absolute atomic E-state index is 0.0178. The second kappa shape index (κ2) is 9.37. The van der Waals surface area contributed by atoms with Crippen LogP contribution < -0.4 is 11.1 Å². The molecule has 1 saturated carbocycles. The first-order valence-electron chi connectivity index (χ1n) is 9.71. The maximum absolute atomic E-state index is 13.4. The summed E-state index contributed by atoms with van der Waals surface area (Å²) in [5, 5.41) is 3.28. The molecule has 0 unspecified atom stereocenters. The Balaban J connectivity index is 1.75. The number of rotatable bonds is 5. The number of halogens is 2. The summed E-state index contributed by atoms with van der Waals surface area (Å²) in [5.74, 6) is -0.906. The lowest BCUT2D eigenvalue weighted by Gasteiger charge is -2.35. The van der Waals surface area contributed by atoms with Gasteiger partial charge >= 0.3 is 0 Å². The molecule has 2 aromatic carbocycles. The summed E-state index contributed by atoms with van der Waals surface area (Å²) < 4.78 is 13.4. The van der Waals surface area contributed by atoms with Crippen LogP contribution in [-0.4, -0.2) is 28.8 Å². The van der Waals surface area contributed by atoms with Crippen molar-refractivity contribution in [2.75, 3.05) is 5.32 Å². The number of benzene rings is 2. The Kier molecular flexibility index (Phi) is 6.87. The van der Waals surface area contributed by atoms with Crippen LogP contribution in [0.25, 0.3) is 0 Å². The summed E-state index contributed by atoms with van der Waals surface area (Å²) in [6, 6.07) is 10.9. The van der Waals surface area contributed by atoms with E-state index in [-0.39, 0.29) is 23.6 Å². The van der Waals surface area contributed by atoms with Crippen LogP contribution in [0.15, 0.2) is 42.5 Å². The Bertz CT molecular complexity index is 897. The molecule has 2 aromatic rings.